The standard InChI is InChI=1S/C28H27NO3S/c1-19(2)18-32-23-15-13-22(14-16-23)25-26(33-24-7-5-4-6-8-24)28(31)29(27(25)30)17-21-11-9-20(3)10-12-21/h4-16,19H,17-18H2,1-3H3. The number of imide groups is 1. The first-order chi connectivity index (χ1) is 15.9. The van der Waals surface area contributed by atoms with Gasteiger partial charge in [-0.1, -0.05) is 85.8 Å². The van der Waals surface area contributed by atoms with Crippen LogP contribution >= 0.6 is 11.8 Å². The lowest BCUT2D eigenvalue weighted by atomic mass is 10.1. The molecule has 3 aromatic carbocycles. The van der Waals surface area contributed by atoms with Crippen LogP contribution in [0.5, 0.6) is 5.75 Å². The molecule has 0 N–H and O–H groups in total. The Balaban J connectivity index is 1.66. The highest BCUT2D eigenvalue weighted by molar-refractivity contribution is 8.04. The number of thioether (sulfide) groups is 1. The quantitative estimate of drug-likeness (QED) is 0.383. The van der Waals surface area contributed by atoms with Gasteiger partial charge in [0.05, 0.1) is 23.6 Å². The van der Waals surface area contributed by atoms with Crippen molar-refractivity contribution in [3.63, 3.8) is 0 Å². The highest BCUT2D eigenvalue weighted by Crippen LogP contribution is 2.40. The van der Waals surface area contributed by atoms with E-state index in [0.717, 1.165) is 27.3 Å². The zero-order chi connectivity index (χ0) is 23.4. The zero-order valence-corrected chi connectivity index (χ0v) is 19.9. The van der Waals surface area contributed by atoms with E-state index in [9.17, 15) is 9.59 Å². The molecular formula is C28H27NO3S. The van der Waals surface area contributed by atoms with Crippen LogP contribution in [0.2, 0.25) is 0 Å². The lowest BCUT2D eigenvalue weighted by Gasteiger charge is -2.15. The van der Waals surface area contributed by atoms with Gasteiger partial charge < -0.3 is 4.74 Å². The highest BCUT2D eigenvalue weighted by Gasteiger charge is 2.39. The van der Waals surface area contributed by atoms with Crippen molar-refractivity contribution in [1.82, 2.24) is 4.90 Å². The molecule has 0 saturated carbocycles. The van der Waals surface area contributed by atoms with Gasteiger partial charge in [0.25, 0.3) is 11.8 Å². The molecule has 1 heterocycles. The molecule has 0 bridgehead atoms. The predicted octanol–water partition coefficient (Wildman–Crippen LogP) is 6.10. The van der Waals surface area contributed by atoms with Gasteiger partial charge in [0.1, 0.15) is 5.75 Å². The first kappa shape index (κ1) is 22.9. The van der Waals surface area contributed by atoms with Crippen LogP contribution in [0.4, 0.5) is 0 Å². The molecule has 0 radical (unpaired) electrons. The summed E-state index contributed by atoms with van der Waals surface area (Å²) in [5, 5.41) is 0. The van der Waals surface area contributed by atoms with E-state index in [0.29, 0.717) is 23.0 Å². The van der Waals surface area contributed by atoms with Gasteiger partial charge in [0.2, 0.25) is 0 Å². The fourth-order valence-electron chi connectivity index (χ4n) is 3.51. The summed E-state index contributed by atoms with van der Waals surface area (Å²) in [5.74, 6) is 0.642. The van der Waals surface area contributed by atoms with E-state index in [4.69, 9.17) is 4.74 Å². The zero-order valence-electron chi connectivity index (χ0n) is 19.1. The first-order valence-electron chi connectivity index (χ1n) is 11.0. The van der Waals surface area contributed by atoms with Crippen LogP contribution in [-0.4, -0.2) is 23.3 Å². The average Bonchev–Trinajstić information content (AvgIpc) is 3.04. The second kappa shape index (κ2) is 10.1. The van der Waals surface area contributed by atoms with E-state index < -0.39 is 0 Å². The van der Waals surface area contributed by atoms with Crippen LogP contribution < -0.4 is 4.74 Å². The van der Waals surface area contributed by atoms with Gasteiger partial charge in [-0.25, -0.2) is 0 Å². The Hall–Kier alpha value is -3.31. The van der Waals surface area contributed by atoms with E-state index in [-0.39, 0.29) is 18.4 Å². The minimum atomic E-state index is -0.269. The van der Waals surface area contributed by atoms with E-state index in [1.165, 1.54) is 16.7 Å². The Morgan fingerprint density at radius 1 is 0.848 bits per heavy atom. The van der Waals surface area contributed by atoms with Crippen molar-refractivity contribution in [2.45, 2.75) is 32.2 Å². The van der Waals surface area contributed by atoms with Crippen LogP contribution in [0.15, 0.2) is 88.7 Å². The molecule has 2 amide bonds. The largest absolute Gasteiger partial charge is 0.493 e. The monoisotopic (exact) mass is 457 g/mol. The normalized spacial score (nSPS) is 13.9. The molecule has 0 unspecified atom stereocenters. The lowest BCUT2D eigenvalue weighted by Crippen LogP contribution is -2.30. The SMILES string of the molecule is Cc1ccc(CN2C(=O)C(Sc3ccccc3)=C(c3ccc(OCC(C)C)cc3)C2=O)cc1. The fourth-order valence-corrected chi connectivity index (χ4v) is 4.54. The van der Waals surface area contributed by atoms with Crippen molar-refractivity contribution < 1.29 is 14.3 Å². The van der Waals surface area contributed by atoms with Gasteiger partial charge in [0.15, 0.2) is 0 Å². The van der Waals surface area contributed by atoms with Crippen LogP contribution in [0.25, 0.3) is 5.57 Å². The summed E-state index contributed by atoms with van der Waals surface area (Å²) in [6.07, 6.45) is 0. The van der Waals surface area contributed by atoms with E-state index >= 15 is 0 Å². The molecule has 3 aromatic rings. The van der Waals surface area contributed by atoms with Gasteiger partial charge in [-0.15, -0.1) is 0 Å². The van der Waals surface area contributed by atoms with Crippen molar-refractivity contribution in [2.75, 3.05) is 6.61 Å². The van der Waals surface area contributed by atoms with Crippen LogP contribution in [0.3, 0.4) is 0 Å². The molecule has 4 nitrogen and oxygen atoms in total. The van der Waals surface area contributed by atoms with Gasteiger partial charge in [0, 0.05) is 4.90 Å². The summed E-state index contributed by atoms with van der Waals surface area (Å²) in [6.45, 7) is 7.07. The van der Waals surface area contributed by atoms with E-state index in [2.05, 4.69) is 13.8 Å². The molecule has 0 saturated heterocycles. The Morgan fingerprint density at radius 2 is 1.52 bits per heavy atom. The summed E-state index contributed by atoms with van der Waals surface area (Å²) >= 11 is 1.34. The molecule has 0 aromatic heterocycles. The molecule has 0 fully saturated rings. The smallest absolute Gasteiger partial charge is 0.268 e. The van der Waals surface area contributed by atoms with E-state index in [1.54, 1.807) is 0 Å². The number of aryl methyl sites for hydroxylation is 1. The fraction of sp³-hybridized carbons (Fsp3) is 0.214. The summed E-state index contributed by atoms with van der Waals surface area (Å²) in [5.41, 5.74) is 3.22. The second-order valence-corrected chi connectivity index (χ2v) is 9.61. The molecule has 5 heteroatoms. The minimum absolute atomic E-state index is 0.246. The number of nitrogens with zero attached hydrogens (tertiary/aromatic N) is 1. The number of carbonyl (C=O) groups is 2. The molecule has 168 valence electrons. The third kappa shape index (κ3) is 5.37. The molecule has 1 aliphatic rings. The second-order valence-electron chi connectivity index (χ2n) is 8.53. The molecule has 0 spiro atoms. The average molecular weight is 458 g/mol. The van der Waals surface area contributed by atoms with Gasteiger partial charge in [-0.05, 0) is 48.2 Å². The summed E-state index contributed by atoms with van der Waals surface area (Å²) < 4.78 is 5.78. The topological polar surface area (TPSA) is 46.6 Å². The number of carbonyl (C=O) groups excluding carboxylic acids is 2. The number of rotatable bonds is 8. The molecule has 33 heavy (non-hydrogen) atoms. The maximum Gasteiger partial charge on any atom is 0.268 e. The Kier molecular flexibility index (Phi) is 6.99. The summed E-state index contributed by atoms with van der Waals surface area (Å²) in [6, 6.07) is 25.0. The molecular weight excluding hydrogens is 430 g/mol. The number of hydrogen-bond acceptors (Lipinski definition) is 4. The molecule has 4 rings (SSSR count). The predicted molar refractivity (Wildman–Crippen MR) is 133 cm³/mol. The molecule has 1 aliphatic heterocycles. The highest BCUT2D eigenvalue weighted by atomic mass is 32.2. The summed E-state index contributed by atoms with van der Waals surface area (Å²) in [7, 11) is 0. The molecule has 0 aliphatic carbocycles. The van der Waals surface area contributed by atoms with Gasteiger partial charge in [-0.3, -0.25) is 14.5 Å². The van der Waals surface area contributed by atoms with Crippen molar-refractivity contribution in [3.8, 4) is 5.75 Å². The molecule has 0 atom stereocenters. The number of benzene rings is 3. The Bertz CT molecular complexity index is 1170. The number of amides is 2. The van der Waals surface area contributed by atoms with Crippen molar-refractivity contribution >= 4 is 29.1 Å². The van der Waals surface area contributed by atoms with Crippen LogP contribution in [-0.2, 0) is 16.1 Å². The first-order valence-corrected chi connectivity index (χ1v) is 11.9. The lowest BCUT2D eigenvalue weighted by molar-refractivity contribution is -0.137. The Labute approximate surface area is 199 Å². The minimum Gasteiger partial charge on any atom is -0.493 e. The van der Waals surface area contributed by atoms with Crippen molar-refractivity contribution in [3.05, 3.63) is 100 Å². The maximum absolute atomic E-state index is 13.5. The summed E-state index contributed by atoms with van der Waals surface area (Å²) in [4.78, 5) is 29.6. The maximum atomic E-state index is 13.5. The van der Waals surface area contributed by atoms with Gasteiger partial charge >= 0.3 is 0 Å². The van der Waals surface area contributed by atoms with Crippen molar-refractivity contribution in [1.29, 1.82) is 0 Å². The third-order valence-corrected chi connectivity index (χ3v) is 6.37. The van der Waals surface area contributed by atoms with Crippen molar-refractivity contribution in [2.24, 2.45) is 5.92 Å². The van der Waals surface area contributed by atoms with Gasteiger partial charge in [-0.2, -0.15) is 0 Å². The van der Waals surface area contributed by atoms with E-state index in [1.807, 2.05) is 85.8 Å². The Morgan fingerprint density at radius 3 is 2.15 bits per heavy atom. The number of ether oxygens (including phenoxy) is 1. The van der Waals surface area contributed by atoms with Crippen LogP contribution in [0.1, 0.15) is 30.5 Å². The van der Waals surface area contributed by atoms with Crippen LogP contribution in [0, 0.1) is 12.8 Å². The third-order valence-electron chi connectivity index (χ3n) is 5.28. The number of hydrogen-bond donors (Lipinski definition) is 0.